The van der Waals surface area contributed by atoms with Gasteiger partial charge >= 0.3 is 7.82 Å². The highest BCUT2D eigenvalue weighted by Gasteiger charge is 2.28. The summed E-state index contributed by atoms with van der Waals surface area (Å²) in [6.07, 6.45) is 81.9. The maximum Gasteiger partial charge on any atom is 0.472 e. The number of unbranched alkanes of at least 4 members (excludes halogenated alkanes) is 28. The molecule has 8 nitrogen and oxygen atoms in total. The van der Waals surface area contributed by atoms with E-state index >= 15 is 0 Å². The number of likely N-dealkylation sites (N-methyl/N-ethyl adjacent to an activating group) is 1. The predicted octanol–water partition coefficient (Wildman–Crippen LogP) is 19.8. The van der Waals surface area contributed by atoms with E-state index in [9.17, 15) is 19.4 Å². The molecule has 0 aliphatic rings. The molecule has 0 saturated heterocycles. The zero-order chi connectivity index (χ0) is 55.6. The van der Waals surface area contributed by atoms with E-state index in [4.69, 9.17) is 9.05 Å². The Morgan fingerprint density at radius 2 is 0.789 bits per heavy atom. The summed E-state index contributed by atoms with van der Waals surface area (Å²) in [5.74, 6) is -0.150. The van der Waals surface area contributed by atoms with Crippen LogP contribution in [0.3, 0.4) is 0 Å². The van der Waals surface area contributed by atoms with Crippen LogP contribution in [0.5, 0.6) is 0 Å². The van der Waals surface area contributed by atoms with Crippen LogP contribution in [-0.2, 0) is 18.4 Å². The Hall–Kier alpha value is -2.58. The van der Waals surface area contributed by atoms with E-state index in [-0.39, 0.29) is 19.1 Å². The van der Waals surface area contributed by atoms with Gasteiger partial charge in [-0.05, 0) is 77.0 Å². The van der Waals surface area contributed by atoms with Gasteiger partial charge in [0.2, 0.25) is 5.91 Å². The lowest BCUT2D eigenvalue weighted by Crippen LogP contribution is -2.46. The highest BCUT2D eigenvalue weighted by atomic mass is 31.2. The molecule has 0 bridgehead atoms. The van der Waals surface area contributed by atoms with Gasteiger partial charge in [0.25, 0.3) is 0 Å². The van der Waals surface area contributed by atoms with Crippen molar-refractivity contribution in [2.75, 3.05) is 40.9 Å². The maximum atomic E-state index is 13.0. The number of hydrogen-bond donors (Lipinski definition) is 3. The van der Waals surface area contributed by atoms with Gasteiger partial charge in [-0.1, -0.05) is 284 Å². The number of nitrogens with zero attached hydrogens (tertiary/aromatic N) is 1. The number of amides is 1. The van der Waals surface area contributed by atoms with Crippen LogP contribution in [0, 0.1) is 0 Å². The molecule has 3 N–H and O–H groups in total. The SMILES string of the molecule is CC/C=C\C/C=C\C/C=C\C/C=C\C/C=C\C/C=C\C/C=C\C/C=C\CCCCCCCCCCCCC(=O)NC(COP(=O)(O)OCC[N+](C)(C)C)C(O)CCCCCCCCCCCCCCCCCCCCC. The Balaban J connectivity index is 4.12. The molecule has 0 aliphatic heterocycles. The number of quaternary nitrogens is 1. The second-order valence-electron chi connectivity index (χ2n) is 22.4. The van der Waals surface area contributed by atoms with Gasteiger partial charge in [-0.2, -0.15) is 0 Å². The molecular weight excluding hydrogens is 960 g/mol. The number of aliphatic hydroxyl groups is 1. The lowest BCUT2D eigenvalue weighted by molar-refractivity contribution is -0.870. The summed E-state index contributed by atoms with van der Waals surface area (Å²) in [5.41, 5.74) is 0. The molecule has 0 spiro atoms. The Kier molecular flexibility index (Phi) is 55.2. The minimum atomic E-state index is -4.33. The largest absolute Gasteiger partial charge is 0.472 e. The summed E-state index contributed by atoms with van der Waals surface area (Å²) in [4.78, 5) is 23.4. The number of carbonyl (C=O) groups excluding carboxylic acids is 1. The predicted molar refractivity (Wildman–Crippen MR) is 332 cm³/mol. The van der Waals surface area contributed by atoms with E-state index in [2.05, 4.69) is 116 Å². The van der Waals surface area contributed by atoms with Gasteiger partial charge < -0.3 is 19.8 Å². The van der Waals surface area contributed by atoms with E-state index in [1.807, 2.05) is 21.1 Å². The fourth-order valence-corrected chi connectivity index (χ4v) is 9.68. The number of hydrogen-bond acceptors (Lipinski definition) is 5. The number of allylic oxidation sites excluding steroid dienone is 16. The minimum absolute atomic E-state index is 0.0703. The van der Waals surface area contributed by atoms with E-state index in [1.54, 1.807) is 0 Å². The van der Waals surface area contributed by atoms with Crippen LogP contribution in [0.25, 0.3) is 0 Å². The molecule has 0 aromatic rings. The van der Waals surface area contributed by atoms with Crippen molar-refractivity contribution in [3.05, 3.63) is 97.2 Å². The van der Waals surface area contributed by atoms with Crippen LogP contribution < -0.4 is 5.32 Å². The van der Waals surface area contributed by atoms with Crippen LogP contribution >= 0.6 is 7.82 Å². The van der Waals surface area contributed by atoms with Crippen molar-refractivity contribution in [2.45, 2.75) is 283 Å². The highest BCUT2D eigenvalue weighted by molar-refractivity contribution is 7.47. The fourth-order valence-electron chi connectivity index (χ4n) is 8.95. The Morgan fingerprint density at radius 1 is 0.461 bits per heavy atom. The summed E-state index contributed by atoms with van der Waals surface area (Å²) in [7, 11) is 1.61. The molecule has 1 amide bonds. The first-order valence-electron chi connectivity index (χ1n) is 31.6. The summed E-state index contributed by atoms with van der Waals surface area (Å²) < 4.78 is 23.8. The minimum Gasteiger partial charge on any atom is -0.391 e. The first-order chi connectivity index (χ1) is 37.0. The average molecular weight is 1080 g/mol. The van der Waals surface area contributed by atoms with Crippen LogP contribution in [0.4, 0.5) is 0 Å². The second-order valence-corrected chi connectivity index (χ2v) is 23.9. The van der Waals surface area contributed by atoms with Gasteiger partial charge in [-0.25, -0.2) is 4.57 Å². The molecule has 3 unspecified atom stereocenters. The molecule has 0 aliphatic carbocycles. The van der Waals surface area contributed by atoms with Crippen LogP contribution in [0.2, 0.25) is 0 Å². The van der Waals surface area contributed by atoms with E-state index in [1.165, 1.54) is 148 Å². The quantitative estimate of drug-likeness (QED) is 0.0243. The van der Waals surface area contributed by atoms with Crippen LogP contribution in [0.1, 0.15) is 271 Å². The highest BCUT2D eigenvalue weighted by Crippen LogP contribution is 2.43. The number of phosphoric ester groups is 1. The molecule has 9 heteroatoms. The van der Waals surface area contributed by atoms with Crippen molar-refractivity contribution < 1.29 is 32.9 Å². The summed E-state index contributed by atoms with van der Waals surface area (Å²) in [6, 6.07) is -0.770. The fraction of sp³-hybridized carbons (Fsp3) is 0.746. The smallest absolute Gasteiger partial charge is 0.391 e. The molecular formula is C67H122N2O6P+. The number of aliphatic hydroxyl groups excluding tert-OH is 1. The number of nitrogens with one attached hydrogen (secondary N) is 1. The number of phosphoric acid groups is 1. The monoisotopic (exact) mass is 1080 g/mol. The zero-order valence-corrected chi connectivity index (χ0v) is 51.1. The zero-order valence-electron chi connectivity index (χ0n) is 50.2. The molecule has 0 saturated carbocycles. The number of carbonyl (C=O) groups is 1. The molecule has 440 valence electrons. The summed E-state index contributed by atoms with van der Waals surface area (Å²) in [5, 5.41) is 14.1. The Labute approximate surface area is 470 Å². The van der Waals surface area contributed by atoms with Crippen LogP contribution in [0.15, 0.2) is 97.2 Å². The first kappa shape index (κ1) is 73.4. The maximum absolute atomic E-state index is 13.0. The van der Waals surface area contributed by atoms with Gasteiger partial charge in [0, 0.05) is 6.42 Å². The van der Waals surface area contributed by atoms with E-state index < -0.39 is 20.0 Å². The standard InChI is InChI=1S/C67H121N2O6P/c1-6-8-10-12-14-16-18-20-22-24-26-27-28-29-30-31-32-33-34-35-36-37-38-39-40-41-43-45-47-49-51-53-55-57-59-61-67(71)68-65(64-75-76(72,73)74-63-62-69(3,4)5)66(70)60-58-56-54-52-50-48-46-44-42-25-23-21-19-17-15-13-11-9-7-2/h8,10,14,16,20,22,26-27,29-30,32-33,35-36,38-39,65-66,70H,6-7,9,11-13,15,17-19,21,23-25,28,31,34,37,40-64H2,1-5H3,(H-,68,71,72,73)/p+1/b10-8-,16-14-,22-20-,27-26-,30-29-,33-32-,36-35-,39-38-. The Bertz CT molecular complexity index is 1560. The third-order valence-electron chi connectivity index (χ3n) is 13.8. The third-order valence-corrected chi connectivity index (χ3v) is 14.8. The molecule has 0 aromatic heterocycles. The van der Waals surface area contributed by atoms with Crippen molar-refractivity contribution in [3.8, 4) is 0 Å². The molecule has 0 radical (unpaired) electrons. The number of rotatable bonds is 57. The molecule has 0 heterocycles. The topological polar surface area (TPSA) is 105 Å². The van der Waals surface area contributed by atoms with Crippen LogP contribution in [-0.4, -0.2) is 73.4 Å². The summed E-state index contributed by atoms with van der Waals surface area (Å²) >= 11 is 0. The molecule has 76 heavy (non-hydrogen) atoms. The summed E-state index contributed by atoms with van der Waals surface area (Å²) in [6.45, 7) is 4.79. The first-order valence-corrected chi connectivity index (χ1v) is 33.1. The van der Waals surface area contributed by atoms with Crippen molar-refractivity contribution in [1.29, 1.82) is 0 Å². The van der Waals surface area contributed by atoms with Gasteiger partial charge in [-0.15, -0.1) is 0 Å². The normalized spacial score (nSPS) is 14.5. The Morgan fingerprint density at radius 3 is 1.16 bits per heavy atom. The lowest BCUT2D eigenvalue weighted by atomic mass is 10.0. The molecule has 0 aromatic carbocycles. The lowest BCUT2D eigenvalue weighted by Gasteiger charge is -2.26. The molecule has 0 rings (SSSR count). The van der Waals surface area contributed by atoms with Gasteiger partial charge in [0.1, 0.15) is 13.2 Å². The van der Waals surface area contributed by atoms with Crippen molar-refractivity contribution in [3.63, 3.8) is 0 Å². The third kappa shape index (κ3) is 59.1. The molecule has 3 atom stereocenters. The van der Waals surface area contributed by atoms with Gasteiger partial charge in [0.05, 0.1) is 39.9 Å². The van der Waals surface area contributed by atoms with E-state index in [0.29, 0.717) is 23.9 Å². The average Bonchev–Trinajstić information content (AvgIpc) is 3.38. The van der Waals surface area contributed by atoms with Gasteiger partial charge in [-0.3, -0.25) is 13.8 Å². The van der Waals surface area contributed by atoms with Crippen molar-refractivity contribution >= 4 is 13.7 Å². The molecule has 0 fully saturated rings. The van der Waals surface area contributed by atoms with Crippen molar-refractivity contribution in [2.24, 2.45) is 0 Å². The van der Waals surface area contributed by atoms with Crippen molar-refractivity contribution in [1.82, 2.24) is 5.32 Å². The van der Waals surface area contributed by atoms with Gasteiger partial charge in [0.15, 0.2) is 0 Å². The van der Waals surface area contributed by atoms with E-state index in [0.717, 1.165) is 96.3 Å². The second kappa shape index (κ2) is 57.1.